The number of terminal acetylenes is 2. The molecule has 2 aromatic heterocycles. The molecule has 0 atom stereocenters. The predicted molar refractivity (Wildman–Crippen MR) is 247 cm³/mol. The Hall–Kier alpha value is -9.14. The first-order valence-corrected chi connectivity index (χ1v) is 16.6. The zero-order chi connectivity index (χ0) is 41.9. The fourth-order valence-electron chi connectivity index (χ4n) is 4.35. The monoisotopic (exact) mass is 788 g/mol. The second-order valence-corrected chi connectivity index (χ2v) is 10.5. The molecule has 14 nitrogen and oxygen atoms in total. The molecule has 14 heteroatoms. The van der Waals surface area contributed by atoms with E-state index in [2.05, 4.69) is 161 Å². The zero-order valence-corrected chi connectivity index (χ0v) is 30.8. The van der Waals surface area contributed by atoms with Crippen molar-refractivity contribution in [2.24, 2.45) is 16.3 Å². The van der Waals surface area contributed by atoms with Gasteiger partial charge in [0.15, 0.2) is 5.22 Å². The molecule has 3 aromatic rings. The Labute approximate surface area is 355 Å². The summed E-state index contributed by atoms with van der Waals surface area (Å²) in [4.78, 5) is 20.0. The second kappa shape index (κ2) is 29.3. The molecular formula is C44H56N10O4. The number of pyridine rings is 2. The molecule has 1 aromatic carbocycles. The quantitative estimate of drug-likeness (QED) is 0.0649. The van der Waals surface area contributed by atoms with Crippen LogP contribution in [0.25, 0.3) is 10.8 Å². The van der Waals surface area contributed by atoms with Crippen LogP contribution in [0.1, 0.15) is 35.5 Å². The summed E-state index contributed by atoms with van der Waals surface area (Å²) in [6, 6.07) is 12.0. The van der Waals surface area contributed by atoms with Gasteiger partial charge in [-0.25, -0.2) is 9.97 Å². The van der Waals surface area contributed by atoms with Gasteiger partial charge < -0.3 is 35.9 Å². The molecule has 0 unspecified atom stereocenters. The number of β-amino-alcohol motifs (C(OH)–C–C–N with tert-alkyl or cyclic N) is 1. The van der Waals surface area contributed by atoms with Gasteiger partial charge in [-0.15, -0.1) is 12.8 Å². The van der Waals surface area contributed by atoms with E-state index in [-0.39, 0.29) is 29.8 Å². The van der Waals surface area contributed by atoms with Crippen LogP contribution in [0.5, 0.6) is 5.75 Å². The molecule has 1 fully saturated rings. The Kier molecular flexibility index (Phi) is 22.8. The smallest absolute Gasteiger partial charge is 0.193 e. The molecule has 0 radical (unpaired) electrons. The van der Waals surface area contributed by atoms with E-state index in [1.54, 1.807) is 12.4 Å². The van der Waals surface area contributed by atoms with Crippen molar-refractivity contribution in [3.63, 3.8) is 0 Å². The number of aliphatic hydroxyl groups excluding tert-OH is 1. The Morgan fingerprint density at radius 3 is 1.86 bits per heavy atom. The molecule has 1 aliphatic rings. The fraction of sp³-hybridized carbons (Fsp3) is 0.182. The number of aliphatic hydroxyl groups is 1. The van der Waals surface area contributed by atoms with E-state index in [1.165, 1.54) is 5.53 Å². The van der Waals surface area contributed by atoms with Crippen molar-refractivity contribution >= 4 is 22.4 Å². The lowest BCUT2D eigenvalue weighted by molar-refractivity contribution is -0.546. The second-order valence-electron chi connectivity index (χ2n) is 10.5. The Morgan fingerprint density at radius 1 is 0.845 bits per heavy atom. The van der Waals surface area contributed by atoms with Gasteiger partial charge in [0, 0.05) is 96.4 Å². The lowest BCUT2D eigenvalue weighted by atomic mass is 10.1. The number of nitrogens with two attached hydrogens (primary N) is 2. The van der Waals surface area contributed by atoms with E-state index in [1.807, 2.05) is 30.3 Å². The Morgan fingerprint density at radius 2 is 1.38 bits per heavy atom. The highest BCUT2D eigenvalue weighted by Crippen LogP contribution is 2.23. The molecule has 1 saturated heterocycles. The maximum Gasteiger partial charge on any atom is 0.193 e. The minimum atomic E-state index is -0.879. The third-order valence-corrected chi connectivity index (χ3v) is 6.71. The number of hydrogen-bond acceptors (Lipinski definition) is 11. The number of ether oxygens (including phenoxy) is 1. The molecule has 1 aliphatic heterocycles. The number of nitrogen functional groups attached to an aromatic ring is 1. The number of nitrogens with zero attached hydrogens (tertiary/aromatic N) is 6. The third kappa shape index (κ3) is 20.8. The third-order valence-electron chi connectivity index (χ3n) is 6.71. The number of fused-ring (bicyclic) bond motifs is 1. The van der Waals surface area contributed by atoms with E-state index in [0.29, 0.717) is 12.4 Å². The molecule has 0 saturated carbocycles. The Balaban J connectivity index is -0.0000000861. The topological polar surface area (TPSA) is 202 Å². The number of likely N-dealkylation sites (tertiary alicyclic amines) is 1. The molecule has 0 aliphatic carbocycles. The van der Waals surface area contributed by atoms with E-state index < -0.39 is 5.03 Å². The minimum Gasteiger partial charge on any atom is -0.490 e. The average molecular weight is 789 g/mol. The van der Waals surface area contributed by atoms with Crippen LogP contribution in [0.2, 0.25) is 0 Å². The van der Waals surface area contributed by atoms with Gasteiger partial charge in [0.2, 0.25) is 0 Å². The van der Waals surface area contributed by atoms with Crippen molar-refractivity contribution in [2.45, 2.75) is 25.5 Å². The van der Waals surface area contributed by atoms with Gasteiger partial charge in [0.05, 0.1) is 16.9 Å². The molecule has 0 bridgehead atoms. The number of anilines is 2. The van der Waals surface area contributed by atoms with Crippen molar-refractivity contribution in [3.8, 4) is 137 Å². The summed E-state index contributed by atoms with van der Waals surface area (Å²) in [7, 11) is 0. The van der Waals surface area contributed by atoms with E-state index in [9.17, 15) is 10.1 Å². The molecule has 7 N–H and O–H groups in total. The van der Waals surface area contributed by atoms with Crippen LogP contribution in [0.4, 0.5) is 11.6 Å². The summed E-state index contributed by atoms with van der Waals surface area (Å²) in [6.07, 6.45) is 15.4. The first-order valence-electron chi connectivity index (χ1n) is 16.6. The number of hydrogen-bond donors (Lipinski definition) is 5. The molecule has 0 spiro atoms. The van der Waals surface area contributed by atoms with Crippen molar-refractivity contribution in [2.75, 3.05) is 37.3 Å². The summed E-state index contributed by atoms with van der Waals surface area (Å²) in [5.74, 6) is 54.7. The van der Waals surface area contributed by atoms with Crippen LogP contribution in [0, 0.1) is 141 Å². The van der Waals surface area contributed by atoms with Gasteiger partial charge in [0.1, 0.15) is 23.5 Å². The van der Waals surface area contributed by atoms with Crippen LogP contribution in [-0.4, -0.2) is 57.4 Å². The predicted octanol–water partition coefficient (Wildman–Crippen LogP) is 4.90. The van der Waals surface area contributed by atoms with Crippen LogP contribution >= 0.6 is 0 Å². The van der Waals surface area contributed by atoms with Gasteiger partial charge >= 0.3 is 0 Å². The fourth-order valence-corrected chi connectivity index (χ4v) is 4.35. The maximum atomic E-state index is 9.24. The van der Waals surface area contributed by atoms with Gasteiger partial charge in [-0.1, -0.05) is 12.1 Å². The standard InChI is InChI=1S/C22H27N5O2.C22H2.H3N5O2.12H2/c23-22-20-2-1-16(13-17(20)3-7-25-22)15-26-21-14-19(4-8-24-21)29-18-5-9-27(10-6-18)11-12-28;1-3-5-7-9-11-13-15-17-19-21-22-20-18-16-14-12-10-8-6-4-2;1-2-3-4-5(6)7;;;;;;;;;;;;/h1-4,7-8,13-14,18,28H,5-6,9-12,15H2,(H2,23,25)(H,24,26);1-2H;(H2,1,3)(H,2,4);12*1H. The molecule has 58 heavy (non-hydrogen) atoms. The van der Waals surface area contributed by atoms with Crippen LogP contribution in [0.15, 0.2) is 59.2 Å². The van der Waals surface area contributed by atoms with Crippen molar-refractivity contribution in [1.82, 2.24) is 20.4 Å². The summed E-state index contributed by atoms with van der Waals surface area (Å²) in [5.41, 5.74) is 8.42. The van der Waals surface area contributed by atoms with E-state index in [4.69, 9.17) is 28.4 Å². The van der Waals surface area contributed by atoms with Crippen molar-refractivity contribution in [3.05, 3.63) is 64.5 Å². The lowest BCUT2D eigenvalue weighted by Crippen LogP contribution is -2.39. The van der Waals surface area contributed by atoms with Crippen LogP contribution in [-0.2, 0) is 6.54 Å². The SMILES string of the molecule is C#CC#CC#CC#CC#CC#CC#CC#CC#CC#CC#C.NN=NN[N+](=O)[O-].Nc1nccc2cc(CNc3cc(OC4CCN(CCO)CC4)ccn3)ccc12.[HH].[HH].[HH].[HH].[HH].[HH].[HH].[HH].[HH].[HH].[HH].[HH]. The first kappa shape index (κ1) is 45.0. The summed E-state index contributed by atoms with van der Waals surface area (Å²) >= 11 is 0. The highest BCUT2D eigenvalue weighted by atomic mass is 16.7. The summed E-state index contributed by atoms with van der Waals surface area (Å²) in [5, 5.41) is 28.0. The minimum absolute atomic E-state index is 0. The molecular weight excluding hydrogens is 733 g/mol. The lowest BCUT2D eigenvalue weighted by Gasteiger charge is -2.31. The Bertz CT molecular complexity index is 2560. The summed E-state index contributed by atoms with van der Waals surface area (Å²) < 4.78 is 6.16. The zero-order valence-electron chi connectivity index (χ0n) is 30.8. The number of benzene rings is 1. The molecule has 4 rings (SSSR count). The molecule has 3 heterocycles. The van der Waals surface area contributed by atoms with Crippen LogP contribution in [0.3, 0.4) is 0 Å². The van der Waals surface area contributed by atoms with Gasteiger partial charge in [-0.05, 0) is 137 Å². The number of hydrazine groups is 1. The van der Waals surface area contributed by atoms with Crippen LogP contribution < -0.4 is 27.2 Å². The number of piperidine rings is 1. The number of rotatable bonds is 9. The number of nitro groups is 1. The molecule has 0 amide bonds. The number of aromatic nitrogens is 2. The van der Waals surface area contributed by atoms with Crippen molar-refractivity contribution < 1.29 is 32.0 Å². The van der Waals surface area contributed by atoms with Crippen molar-refractivity contribution in [1.29, 1.82) is 0 Å². The first-order chi connectivity index (χ1) is 28.4. The highest BCUT2D eigenvalue weighted by molar-refractivity contribution is 5.91. The average Bonchev–Trinajstić information content (AvgIpc) is 3.23. The van der Waals surface area contributed by atoms with E-state index in [0.717, 1.165) is 60.4 Å². The number of nitrogens with one attached hydrogen (secondary N) is 2. The highest BCUT2D eigenvalue weighted by Gasteiger charge is 2.20. The van der Waals surface area contributed by atoms with Gasteiger partial charge in [0.25, 0.3) is 0 Å². The van der Waals surface area contributed by atoms with Gasteiger partial charge in [-0.3, -0.25) is 5.84 Å². The largest absolute Gasteiger partial charge is 0.490 e. The normalized spacial score (nSPS) is 10.3. The summed E-state index contributed by atoms with van der Waals surface area (Å²) in [6.45, 7) is 3.54. The van der Waals surface area contributed by atoms with E-state index >= 15 is 0 Å². The molecule has 306 valence electrons. The maximum absolute atomic E-state index is 9.24. The van der Waals surface area contributed by atoms with Gasteiger partial charge in [-0.2, -0.15) is 0 Å².